The van der Waals surface area contributed by atoms with Crippen molar-refractivity contribution in [3.63, 3.8) is 0 Å². The Hall–Kier alpha value is -1.59. The number of aryl methyl sites for hydroxylation is 3. The minimum absolute atomic E-state index is 0.302. The Morgan fingerprint density at radius 3 is 2.58 bits per heavy atom. The van der Waals surface area contributed by atoms with Crippen LogP contribution in [0, 0.1) is 13.8 Å². The van der Waals surface area contributed by atoms with Crippen LogP contribution < -0.4 is 4.72 Å². The van der Waals surface area contributed by atoms with Crippen LogP contribution in [0.1, 0.15) is 16.7 Å². The van der Waals surface area contributed by atoms with E-state index in [1.807, 2.05) is 49.1 Å². The lowest BCUT2D eigenvalue weighted by atomic mass is 10.2. The third-order valence-electron chi connectivity index (χ3n) is 2.99. The molecule has 5 heteroatoms. The van der Waals surface area contributed by atoms with Crippen molar-refractivity contribution in [1.29, 1.82) is 0 Å². The van der Waals surface area contributed by atoms with Crippen molar-refractivity contribution >= 4 is 10.0 Å². The molecule has 1 aromatic heterocycles. The molecule has 2 aromatic rings. The van der Waals surface area contributed by atoms with Gasteiger partial charge in [-0.15, -0.1) is 0 Å². The van der Waals surface area contributed by atoms with Gasteiger partial charge in [-0.1, -0.05) is 12.1 Å². The first-order valence-corrected chi connectivity index (χ1v) is 7.54. The van der Waals surface area contributed by atoms with E-state index in [4.69, 9.17) is 0 Å². The summed E-state index contributed by atoms with van der Waals surface area (Å²) in [6, 6.07) is 7.33. The molecule has 4 nitrogen and oxygen atoms in total. The van der Waals surface area contributed by atoms with E-state index in [-0.39, 0.29) is 0 Å². The van der Waals surface area contributed by atoms with Crippen LogP contribution in [0.5, 0.6) is 0 Å². The van der Waals surface area contributed by atoms with Crippen molar-refractivity contribution in [1.82, 2.24) is 9.29 Å². The largest absolute Gasteiger partial charge is 0.357 e. The number of nitrogens with zero attached hydrogens (tertiary/aromatic N) is 1. The molecule has 1 N–H and O–H groups in total. The van der Waals surface area contributed by atoms with Crippen LogP contribution >= 0.6 is 0 Å². The fourth-order valence-corrected chi connectivity index (χ4v) is 3.26. The summed E-state index contributed by atoms with van der Waals surface area (Å²) in [6.45, 7) is 3.99. The number of sulfonamides is 1. The molecule has 102 valence electrons. The van der Waals surface area contributed by atoms with Crippen molar-refractivity contribution in [2.24, 2.45) is 7.05 Å². The zero-order valence-corrected chi connectivity index (χ0v) is 12.2. The monoisotopic (exact) mass is 278 g/mol. The molecular weight excluding hydrogens is 260 g/mol. The normalized spacial score (nSPS) is 11.7. The van der Waals surface area contributed by atoms with Gasteiger partial charge < -0.3 is 4.57 Å². The molecule has 0 aliphatic heterocycles. The van der Waals surface area contributed by atoms with Crippen molar-refractivity contribution in [2.75, 3.05) is 0 Å². The molecule has 2 rings (SSSR count). The molecule has 0 saturated carbocycles. The van der Waals surface area contributed by atoms with Gasteiger partial charge in [0.15, 0.2) is 0 Å². The Kier molecular flexibility index (Phi) is 3.78. The summed E-state index contributed by atoms with van der Waals surface area (Å²) in [5, 5.41) is 0. The van der Waals surface area contributed by atoms with Gasteiger partial charge in [-0.2, -0.15) is 0 Å². The number of rotatable bonds is 4. The SMILES string of the molecule is Cc1ccc(C)c(S(=O)(=O)NCc2ccn(C)c2)c1. The molecule has 0 aliphatic carbocycles. The molecule has 0 atom stereocenters. The molecule has 0 aliphatic rings. The summed E-state index contributed by atoms with van der Waals surface area (Å²) in [7, 11) is -1.56. The quantitative estimate of drug-likeness (QED) is 0.931. The van der Waals surface area contributed by atoms with E-state index >= 15 is 0 Å². The van der Waals surface area contributed by atoms with Crippen molar-refractivity contribution in [2.45, 2.75) is 25.3 Å². The Bertz CT molecular complexity index is 687. The lowest BCUT2D eigenvalue weighted by Gasteiger charge is -2.09. The summed E-state index contributed by atoms with van der Waals surface area (Å²) < 4.78 is 29.1. The number of hydrogen-bond donors (Lipinski definition) is 1. The van der Waals surface area contributed by atoms with Gasteiger partial charge in [-0.3, -0.25) is 0 Å². The maximum atomic E-state index is 12.3. The summed E-state index contributed by atoms with van der Waals surface area (Å²) in [6.07, 6.45) is 3.78. The zero-order chi connectivity index (χ0) is 14.0. The molecule has 0 bridgehead atoms. The third-order valence-corrected chi connectivity index (χ3v) is 4.54. The Balaban J connectivity index is 2.20. The van der Waals surface area contributed by atoms with Crippen LogP contribution in [0.3, 0.4) is 0 Å². The highest BCUT2D eigenvalue weighted by atomic mass is 32.2. The fraction of sp³-hybridized carbons (Fsp3) is 0.286. The smallest absolute Gasteiger partial charge is 0.241 e. The highest BCUT2D eigenvalue weighted by molar-refractivity contribution is 7.89. The fourth-order valence-electron chi connectivity index (χ4n) is 1.92. The number of nitrogens with one attached hydrogen (secondary N) is 1. The average Bonchev–Trinajstić information content (AvgIpc) is 2.76. The second kappa shape index (κ2) is 5.19. The second-order valence-corrected chi connectivity index (χ2v) is 6.51. The number of aromatic nitrogens is 1. The first-order valence-electron chi connectivity index (χ1n) is 6.06. The predicted octanol–water partition coefficient (Wildman–Crippen LogP) is 2.12. The molecular formula is C14H18N2O2S. The molecule has 0 saturated heterocycles. The minimum atomic E-state index is -3.46. The lowest BCUT2D eigenvalue weighted by Crippen LogP contribution is -2.23. The predicted molar refractivity (Wildman–Crippen MR) is 75.4 cm³/mol. The molecule has 19 heavy (non-hydrogen) atoms. The average molecular weight is 278 g/mol. The molecule has 1 heterocycles. The van der Waals surface area contributed by atoms with Gasteiger partial charge in [0.1, 0.15) is 0 Å². The highest BCUT2D eigenvalue weighted by Crippen LogP contribution is 2.17. The van der Waals surface area contributed by atoms with Crippen LogP contribution in [0.15, 0.2) is 41.6 Å². The van der Waals surface area contributed by atoms with Gasteiger partial charge in [0, 0.05) is 26.0 Å². The highest BCUT2D eigenvalue weighted by Gasteiger charge is 2.16. The number of benzene rings is 1. The van der Waals surface area contributed by atoms with Crippen LogP contribution in [0.4, 0.5) is 0 Å². The van der Waals surface area contributed by atoms with E-state index in [2.05, 4.69) is 4.72 Å². The van der Waals surface area contributed by atoms with Gasteiger partial charge in [-0.05, 0) is 42.7 Å². The Morgan fingerprint density at radius 1 is 1.21 bits per heavy atom. The van der Waals surface area contributed by atoms with E-state index in [1.54, 1.807) is 13.0 Å². The van der Waals surface area contributed by atoms with Crippen LogP contribution in [-0.4, -0.2) is 13.0 Å². The Labute approximate surface area is 114 Å². The third kappa shape index (κ3) is 3.24. The lowest BCUT2D eigenvalue weighted by molar-refractivity contribution is 0.580. The van der Waals surface area contributed by atoms with E-state index in [1.165, 1.54) is 0 Å². The van der Waals surface area contributed by atoms with E-state index < -0.39 is 10.0 Å². The van der Waals surface area contributed by atoms with Gasteiger partial charge in [0.25, 0.3) is 0 Å². The first-order chi connectivity index (χ1) is 8.88. The summed E-state index contributed by atoms with van der Waals surface area (Å²) in [5.74, 6) is 0. The van der Waals surface area contributed by atoms with E-state index in [0.29, 0.717) is 11.4 Å². The summed E-state index contributed by atoms with van der Waals surface area (Å²) in [4.78, 5) is 0.350. The van der Waals surface area contributed by atoms with Gasteiger partial charge in [-0.25, -0.2) is 13.1 Å². The van der Waals surface area contributed by atoms with Gasteiger partial charge in [0.2, 0.25) is 10.0 Å². The molecule has 0 amide bonds. The molecule has 0 unspecified atom stereocenters. The summed E-state index contributed by atoms with van der Waals surface area (Å²) in [5.41, 5.74) is 2.63. The molecule has 0 spiro atoms. The first kappa shape index (κ1) is 13.8. The van der Waals surface area contributed by atoms with Crippen molar-refractivity contribution in [3.05, 3.63) is 53.3 Å². The minimum Gasteiger partial charge on any atom is -0.357 e. The van der Waals surface area contributed by atoms with E-state index in [9.17, 15) is 8.42 Å². The maximum Gasteiger partial charge on any atom is 0.241 e. The van der Waals surface area contributed by atoms with Crippen molar-refractivity contribution in [3.8, 4) is 0 Å². The summed E-state index contributed by atoms with van der Waals surface area (Å²) >= 11 is 0. The maximum absolute atomic E-state index is 12.3. The zero-order valence-electron chi connectivity index (χ0n) is 11.3. The van der Waals surface area contributed by atoms with Crippen LogP contribution in [-0.2, 0) is 23.6 Å². The van der Waals surface area contributed by atoms with E-state index in [0.717, 1.165) is 16.7 Å². The Morgan fingerprint density at radius 2 is 1.95 bits per heavy atom. The second-order valence-electron chi connectivity index (χ2n) is 4.78. The van der Waals surface area contributed by atoms with Gasteiger partial charge in [0.05, 0.1) is 4.90 Å². The molecule has 0 radical (unpaired) electrons. The van der Waals surface area contributed by atoms with Crippen LogP contribution in [0.2, 0.25) is 0 Å². The molecule has 0 fully saturated rings. The van der Waals surface area contributed by atoms with Crippen LogP contribution in [0.25, 0.3) is 0 Å². The molecule has 1 aromatic carbocycles. The van der Waals surface area contributed by atoms with Gasteiger partial charge >= 0.3 is 0 Å². The standard InChI is InChI=1S/C14H18N2O2S/c1-11-4-5-12(2)14(8-11)19(17,18)15-9-13-6-7-16(3)10-13/h4-8,10,15H,9H2,1-3H3. The number of hydrogen-bond acceptors (Lipinski definition) is 2. The van der Waals surface area contributed by atoms with Crippen molar-refractivity contribution < 1.29 is 8.42 Å². The topological polar surface area (TPSA) is 51.1 Å².